The molecule has 1 unspecified atom stereocenters. The number of nitrogens with one attached hydrogen (secondary N) is 10. The smallest absolute Gasteiger partial charge is 0.305 e. The second-order valence-electron chi connectivity index (χ2n) is 28.6. The molecule has 1 aliphatic heterocycles. The number of carbonyl (C=O) groups excluding carboxylic acids is 11. The standard InChI is InChI=1S/C81H104FN15O17/c1-8-50-40-54(114-7)27-28-56(50)51-25-21-48(22-26-51)23-30-63(73(107)92-65(70(84)104)39-49-24-29-61(86-43-49)55-19-13-11-17-47(55)4)90-75(109)66(42-69(102)103)93-74(108)64(34-38-98)91-72(106)59(9-2)94-78(112)80(5,36-33-52-18-12-14-20-57(52)82)96-76(110)60(10-3)89-67(99)45-87-71(105)62(31-32-68(100)101)95-79(113)81(6)35-15-16-37-97(81)77(111)58(83)41-53-44-85-46-88-53/h11-14,17-22,24-29,40,43-44,46,58-60,62-66,98H,8-10,15-16,23,30-39,41-42,45,83H2,1-7H3,(H2,84,104)(H,85,88)(H,87,105)(H,89,99)(H,90,109)(H,91,106)(H,92,107)(H,93,108)(H,94,112)(H,95,113)(H,96,110)(H,100,101)(H,102,103)/t58-,59-,60-,62-,63-,64-,65-,66-,80-,81?/m0/s1. The maximum Gasteiger partial charge on any atom is 0.305 e. The van der Waals surface area contributed by atoms with Crippen LogP contribution in [0.25, 0.3) is 22.4 Å². The van der Waals surface area contributed by atoms with Crippen molar-refractivity contribution in [1.29, 1.82) is 0 Å². The van der Waals surface area contributed by atoms with E-state index >= 15 is 4.39 Å². The Morgan fingerprint density at radius 2 is 1.29 bits per heavy atom. The number of carbonyl (C=O) groups is 13. The molecule has 114 heavy (non-hydrogen) atoms. The number of rotatable bonds is 43. The zero-order valence-electron chi connectivity index (χ0n) is 65.0. The Morgan fingerprint density at radius 3 is 1.90 bits per heavy atom. The van der Waals surface area contributed by atoms with Gasteiger partial charge < -0.3 is 89.3 Å². The van der Waals surface area contributed by atoms with Crippen LogP contribution >= 0.6 is 0 Å². The summed E-state index contributed by atoms with van der Waals surface area (Å²) in [5.41, 5.74) is 15.9. The van der Waals surface area contributed by atoms with Crippen molar-refractivity contribution in [3.63, 3.8) is 0 Å². The van der Waals surface area contributed by atoms with Gasteiger partial charge in [0, 0.05) is 50.4 Å². The number of aromatic amines is 1. The molecule has 1 saturated heterocycles. The molecule has 1 aliphatic rings. The first-order chi connectivity index (χ1) is 54.3. The summed E-state index contributed by atoms with van der Waals surface area (Å²) in [5.74, 6) is -13.4. The number of likely N-dealkylation sites (tertiary alicyclic amines) is 1. The highest BCUT2D eigenvalue weighted by Crippen LogP contribution is 2.32. The predicted octanol–water partition coefficient (Wildman–Crippen LogP) is 2.72. The molecule has 6 aromatic rings. The number of aromatic nitrogens is 3. The minimum Gasteiger partial charge on any atom is -0.497 e. The Balaban J connectivity index is 1.04. The van der Waals surface area contributed by atoms with Crippen molar-refractivity contribution in [2.45, 2.75) is 204 Å². The van der Waals surface area contributed by atoms with Crippen molar-refractivity contribution in [1.82, 2.24) is 67.7 Å². The van der Waals surface area contributed by atoms with E-state index in [0.29, 0.717) is 47.5 Å². The number of nitrogens with zero attached hydrogens (tertiary/aromatic N) is 3. The average molecular weight is 1580 g/mol. The topological polar surface area (TPSA) is 497 Å². The number of aliphatic hydroxyl groups is 1. The van der Waals surface area contributed by atoms with E-state index in [1.165, 1.54) is 63.3 Å². The lowest BCUT2D eigenvalue weighted by Crippen LogP contribution is -2.65. The number of H-pyrrole nitrogens is 1. The van der Waals surface area contributed by atoms with E-state index in [4.69, 9.17) is 16.2 Å². The normalized spacial score (nSPS) is 15.9. The quantitative estimate of drug-likeness (QED) is 0.0262. The van der Waals surface area contributed by atoms with Crippen molar-refractivity contribution >= 4 is 76.9 Å². The summed E-state index contributed by atoms with van der Waals surface area (Å²) < 4.78 is 20.7. The third-order valence-electron chi connectivity index (χ3n) is 20.2. The lowest BCUT2D eigenvalue weighted by molar-refractivity contribution is -0.151. The SMILES string of the molecule is CCc1cc(OC)ccc1-c1ccc(CC[C@H](NC(=O)[C@H](CC(=O)O)NC(=O)[C@H](CCO)NC(=O)[C@H](CC)NC(=O)[C@](C)(CCc2ccccc2F)NC(=O)[C@H](CC)NC(=O)CNC(=O)[C@H](CCC(=O)O)NC(=O)C2(C)CCCCN2C(=O)[C@@H](N)Cc2c[nH]cn2)C(=O)N[C@@H](Cc2ccc(-c3ccccc3C)nc2)C(N)=O)cc1. The minimum atomic E-state index is -2.04. The van der Waals surface area contributed by atoms with Gasteiger partial charge in [-0.3, -0.25) is 67.3 Å². The number of halogens is 1. The Hall–Kier alpha value is -12.0. The summed E-state index contributed by atoms with van der Waals surface area (Å²) in [6.07, 6.45) is 2.88. The molecule has 1 fully saturated rings. The number of imidazole rings is 1. The van der Waals surface area contributed by atoms with Crippen LogP contribution in [0.5, 0.6) is 5.75 Å². The van der Waals surface area contributed by atoms with Crippen LogP contribution in [0.2, 0.25) is 0 Å². The molecule has 0 bridgehead atoms. The van der Waals surface area contributed by atoms with Gasteiger partial charge in [-0.2, -0.15) is 0 Å². The molecule has 7 rings (SSSR count). The van der Waals surface area contributed by atoms with Gasteiger partial charge in [0.25, 0.3) is 0 Å². The second kappa shape index (κ2) is 42.6. The van der Waals surface area contributed by atoms with E-state index in [0.717, 1.165) is 27.8 Å². The number of aliphatic hydroxyl groups excluding tert-OH is 1. The number of aliphatic carboxylic acids is 2. The molecule has 0 saturated carbocycles. The van der Waals surface area contributed by atoms with Gasteiger partial charge in [-0.15, -0.1) is 0 Å². The molecule has 3 heterocycles. The molecule has 0 spiro atoms. The van der Waals surface area contributed by atoms with E-state index < -0.39 is 181 Å². The number of carboxylic acid groups (broad SMARTS) is 2. The monoisotopic (exact) mass is 1580 g/mol. The third kappa shape index (κ3) is 25.3. The van der Waals surface area contributed by atoms with Crippen molar-refractivity contribution in [3.8, 4) is 28.1 Å². The molecule has 4 aromatic carbocycles. The highest BCUT2D eigenvalue weighted by molar-refractivity contribution is 6.01. The second-order valence-corrected chi connectivity index (χ2v) is 28.6. The number of pyridine rings is 1. The number of benzene rings is 4. The molecule has 2 aromatic heterocycles. The van der Waals surface area contributed by atoms with Gasteiger partial charge in [-0.25, -0.2) is 9.37 Å². The first kappa shape index (κ1) is 89.2. The van der Waals surface area contributed by atoms with Crippen LogP contribution in [-0.2, 0) is 94.4 Å². The van der Waals surface area contributed by atoms with Crippen LogP contribution in [0.3, 0.4) is 0 Å². The molecule has 17 N–H and O–H groups in total. The molecule has 0 aliphatic carbocycles. The van der Waals surface area contributed by atoms with Crippen molar-refractivity contribution in [2.24, 2.45) is 11.5 Å². The fraction of sp³-hybridized carbons (Fsp3) is 0.444. The zero-order valence-corrected chi connectivity index (χ0v) is 65.0. The lowest BCUT2D eigenvalue weighted by atomic mass is 9.86. The highest BCUT2D eigenvalue weighted by Gasteiger charge is 2.47. The maximum absolute atomic E-state index is 15.2. The summed E-state index contributed by atoms with van der Waals surface area (Å²) in [6.45, 7) is 8.28. The number of hydrogen-bond acceptors (Lipinski definition) is 18. The number of aryl methyl sites for hydroxylation is 4. The number of piperidine rings is 1. The molecule has 11 amide bonds. The number of hydrogen-bond donors (Lipinski definition) is 15. The largest absolute Gasteiger partial charge is 0.497 e. The van der Waals surface area contributed by atoms with Crippen LogP contribution < -0.4 is 64.1 Å². The van der Waals surface area contributed by atoms with Gasteiger partial charge in [-0.1, -0.05) is 99.6 Å². The van der Waals surface area contributed by atoms with Crippen LogP contribution in [0.15, 0.2) is 122 Å². The van der Waals surface area contributed by atoms with Gasteiger partial charge >= 0.3 is 11.9 Å². The summed E-state index contributed by atoms with van der Waals surface area (Å²) in [5, 5.41) is 52.6. The van der Waals surface area contributed by atoms with Crippen molar-refractivity contribution in [3.05, 3.63) is 161 Å². The first-order valence-corrected chi connectivity index (χ1v) is 38.0. The van der Waals surface area contributed by atoms with E-state index in [2.05, 4.69) is 62.8 Å². The van der Waals surface area contributed by atoms with Crippen LogP contribution in [0.4, 0.5) is 4.39 Å². The van der Waals surface area contributed by atoms with Gasteiger partial charge in [0.2, 0.25) is 65.0 Å². The van der Waals surface area contributed by atoms with Gasteiger partial charge in [0.15, 0.2) is 0 Å². The number of methoxy groups -OCH3 is 1. The highest BCUT2D eigenvalue weighted by atomic mass is 19.1. The average Bonchev–Trinajstić information content (AvgIpc) is 0.848. The number of carboxylic acids is 2. The zero-order chi connectivity index (χ0) is 83.4. The Bertz CT molecular complexity index is 4380. The van der Waals surface area contributed by atoms with Crippen molar-refractivity contribution < 1.29 is 86.8 Å². The number of amides is 11. The number of ether oxygens (including phenoxy) is 1. The Kier molecular flexibility index (Phi) is 33.3. The third-order valence-corrected chi connectivity index (χ3v) is 20.2. The molecule has 612 valence electrons. The van der Waals surface area contributed by atoms with Crippen LogP contribution in [0, 0.1) is 12.7 Å². The summed E-state index contributed by atoms with van der Waals surface area (Å²) >= 11 is 0. The Labute approximate surface area is 659 Å². The van der Waals surface area contributed by atoms with E-state index in [-0.39, 0.29) is 69.9 Å². The summed E-state index contributed by atoms with van der Waals surface area (Å²) in [6, 6.07) is 17.7. The molecule has 0 radical (unpaired) electrons. The molecular formula is C81H104FN15O17. The van der Waals surface area contributed by atoms with E-state index in [1.807, 2.05) is 80.6 Å². The van der Waals surface area contributed by atoms with Gasteiger partial charge in [0.1, 0.15) is 64.9 Å². The fourth-order valence-corrected chi connectivity index (χ4v) is 13.3. The molecule has 33 heteroatoms. The van der Waals surface area contributed by atoms with E-state index in [9.17, 15) is 77.6 Å². The maximum atomic E-state index is 15.2. The molecular weight excluding hydrogens is 1470 g/mol. The lowest BCUT2D eigenvalue weighted by Gasteiger charge is -2.45. The summed E-state index contributed by atoms with van der Waals surface area (Å²) in [4.78, 5) is 193. The minimum absolute atomic E-state index is 0.0566. The van der Waals surface area contributed by atoms with Gasteiger partial charge in [-0.05, 0) is 161 Å². The molecule has 32 nitrogen and oxygen atoms in total. The van der Waals surface area contributed by atoms with Gasteiger partial charge in [0.05, 0.1) is 43.8 Å². The van der Waals surface area contributed by atoms with Crippen LogP contribution in [0.1, 0.15) is 139 Å². The number of primary amides is 1. The van der Waals surface area contributed by atoms with E-state index in [1.54, 1.807) is 31.5 Å². The molecule has 10 atom stereocenters. The Morgan fingerprint density at radius 1 is 0.658 bits per heavy atom. The number of nitrogens with two attached hydrogens (primary N) is 2. The fourth-order valence-electron chi connectivity index (χ4n) is 13.3. The first-order valence-electron chi connectivity index (χ1n) is 38.0. The summed E-state index contributed by atoms with van der Waals surface area (Å²) in [7, 11) is 1.58. The predicted molar refractivity (Wildman–Crippen MR) is 417 cm³/mol. The van der Waals surface area contributed by atoms with Crippen molar-refractivity contribution in [2.75, 3.05) is 26.8 Å². The van der Waals surface area contributed by atoms with Crippen LogP contribution in [-0.4, -0.2) is 198 Å².